The maximum atomic E-state index is 12.1. The van der Waals surface area contributed by atoms with Crippen LogP contribution in [0.1, 0.15) is 5.56 Å². The summed E-state index contributed by atoms with van der Waals surface area (Å²) in [7, 11) is 1.34. The topological polar surface area (TPSA) is 82.0 Å². The van der Waals surface area contributed by atoms with E-state index in [1.54, 1.807) is 11.4 Å². The van der Waals surface area contributed by atoms with Gasteiger partial charge in [0.15, 0.2) is 0 Å². The lowest BCUT2D eigenvalue weighted by atomic mass is 10.1. The molecule has 0 aromatic heterocycles. The van der Waals surface area contributed by atoms with Crippen LogP contribution in [-0.4, -0.2) is 25.0 Å². The van der Waals surface area contributed by atoms with E-state index in [4.69, 9.17) is 5.26 Å². The molecule has 2 amide bonds. The van der Waals surface area contributed by atoms with Crippen LogP contribution in [0.5, 0.6) is 0 Å². The summed E-state index contributed by atoms with van der Waals surface area (Å²) in [4.78, 5) is 22.1. The number of carbonyl (C=O) groups is 2. The van der Waals surface area contributed by atoms with Crippen LogP contribution < -0.4 is 10.6 Å². The molecule has 0 atom stereocenters. The fourth-order valence-electron chi connectivity index (χ4n) is 1.36. The summed E-state index contributed by atoms with van der Waals surface area (Å²) >= 11 is 0. The summed E-state index contributed by atoms with van der Waals surface area (Å²) in [6.45, 7) is 0. The standard InChI is InChI=1S/C13H10F3N3O2/c1-18-11(20)9(7-17)5-8-3-2-4-10(6-8)19-12(21)13(14,15)16/h2-6H,1H3,(H,18,20)(H,19,21)/b9-5+. The number of carbonyl (C=O) groups excluding carboxylic acids is 2. The van der Waals surface area contributed by atoms with Gasteiger partial charge in [0, 0.05) is 12.7 Å². The molecule has 0 saturated heterocycles. The molecule has 110 valence electrons. The van der Waals surface area contributed by atoms with Gasteiger partial charge in [-0.05, 0) is 23.8 Å². The van der Waals surface area contributed by atoms with Crippen molar-refractivity contribution in [2.75, 3.05) is 12.4 Å². The van der Waals surface area contributed by atoms with Crippen LogP contribution in [-0.2, 0) is 9.59 Å². The number of hydrogen-bond acceptors (Lipinski definition) is 3. The van der Waals surface area contributed by atoms with E-state index >= 15 is 0 Å². The minimum absolute atomic E-state index is 0.0970. The first-order valence-corrected chi connectivity index (χ1v) is 5.60. The zero-order valence-corrected chi connectivity index (χ0v) is 10.8. The van der Waals surface area contributed by atoms with Gasteiger partial charge in [-0.15, -0.1) is 0 Å². The van der Waals surface area contributed by atoms with Gasteiger partial charge in [-0.25, -0.2) is 0 Å². The van der Waals surface area contributed by atoms with Crippen molar-refractivity contribution in [3.8, 4) is 6.07 Å². The average Bonchev–Trinajstić information content (AvgIpc) is 2.43. The third-order valence-corrected chi connectivity index (χ3v) is 2.31. The Morgan fingerprint density at radius 2 is 2.00 bits per heavy atom. The van der Waals surface area contributed by atoms with Crippen molar-refractivity contribution >= 4 is 23.6 Å². The molecule has 0 fully saturated rings. The highest BCUT2D eigenvalue weighted by Gasteiger charge is 2.38. The van der Waals surface area contributed by atoms with E-state index in [-0.39, 0.29) is 11.3 Å². The van der Waals surface area contributed by atoms with Crippen LogP contribution in [0.15, 0.2) is 29.8 Å². The number of rotatable bonds is 3. The number of anilines is 1. The number of hydrogen-bond donors (Lipinski definition) is 2. The number of halogens is 3. The van der Waals surface area contributed by atoms with Gasteiger partial charge in [0.1, 0.15) is 11.6 Å². The lowest BCUT2D eigenvalue weighted by molar-refractivity contribution is -0.167. The van der Waals surface area contributed by atoms with E-state index < -0.39 is 18.0 Å². The predicted molar refractivity (Wildman–Crippen MR) is 68.8 cm³/mol. The van der Waals surface area contributed by atoms with Gasteiger partial charge in [0.25, 0.3) is 5.91 Å². The summed E-state index contributed by atoms with van der Waals surface area (Å²) in [6.07, 6.45) is -3.80. The Morgan fingerprint density at radius 3 is 2.52 bits per heavy atom. The smallest absolute Gasteiger partial charge is 0.354 e. The lowest BCUT2D eigenvalue weighted by Crippen LogP contribution is -2.29. The van der Waals surface area contributed by atoms with Crippen molar-refractivity contribution in [3.63, 3.8) is 0 Å². The molecule has 0 unspecified atom stereocenters. The Kier molecular flexibility index (Phi) is 5.07. The Bertz CT molecular complexity index is 630. The van der Waals surface area contributed by atoms with Crippen LogP contribution in [0.4, 0.5) is 18.9 Å². The average molecular weight is 297 g/mol. The first-order chi connectivity index (χ1) is 9.77. The summed E-state index contributed by atoms with van der Waals surface area (Å²) in [5.41, 5.74) is -0.00723. The Hall–Kier alpha value is -2.82. The second-order valence-corrected chi connectivity index (χ2v) is 3.83. The molecule has 0 saturated carbocycles. The number of nitrogens with zero attached hydrogens (tertiary/aromatic N) is 1. The van der Waals surface area contributed by atoms with E-state index in [2.05, 4.69) is 5.32 Å². The molecule has 0 bridgehead atoms. The molecule has 5 nitrogen and oxygen atoms in total. The highest BCUT2D eigenvalue weighted by atomic mass is 19.4. The minimum Gasteiger partial charge on any atom is -0.354 e. The van der Waals surface area contributed by atoms with Crippen molar-refractivity contribution in [3.05, 3.63) is 35.4 Å². The second kappa shape index (κ2) is 6.56. The molecule has 0 radical (unpaired) electrons. The predicted octanol–water partition coefficient (Wildman–Crippen LogP) is 1.84. The second-order valence-electron chi connectivity index (χ2n) is 3.83. The first kappa shape index (κ1) is 16.2. The fraction of sp³-hybridized carbons (Fsp3) is 0.154. The van der Waals surface area contributed by atoms with E-state index in [9.17, 15) is 22.8 Å². The Balaban J connectivity index is 3.02. The highest BCUT2D eigenvalue weighted by Crippen LogP contribution is 2.19. The summed E-state index contributed by atoms with van der Waals surface area (Å²) in [6, 6.07) is 7.00. The Labute approximate surface area is 118 Å². The molecule has 0 spiro atoms. The number of likely N-dealkylation sites (N-methyl/N-ethyl adjacent to an activating group) is 1. The third kappa shape index (κ3) is 4.65. The molecule has 21 heavy (non-hydrogen) atoms. The monoisotopic (exact) mass is 297 g/mol. The van der Waals surface area contributed by atoms with Crippen LogP contribution >= 0.6 is 0 Å². The van der Waals surface area contributed by atoms with Crippen molar-refractivity contribution in [1.82, 2.24) is 5.32 Å². The third-order valence-electron chi connectivity index (χ3n) is 2.31. The van der Waals surface area contributed by atoms with Gasteiger partial charge < -0.3 is 10.6 Å². The molecule has 1 aromatic carbocycles. The molecule has 0 aliphatic heterocycles. The van der Waals surface area contributed by atoms with Crippen molar-refractivity contribution in [1.29, 1.82) is 5.26 Å². The van der Waals surface area contributed by atoms with Gasteiger partial charge in [-0.2, -0.15) is 18.4 Å². The van der Waals surface area contributed by atoms with Crippen LogP contribution in [0.3, 0.4) is 0 Å². The number of alkyl halides is 3. The fourth-order valence-corrected chi connectivity index (χ4v) is 1.36. The van der Waals surface area contributed by atoms with Gasteiger partial charge >= 0.3 is 12.1 Å². The molecule has 8 heteroatoms. The zero-order valence-electron chi connectivity index (χ0n) is 10.8. The lowest BCUT2D eigenvalue weighted by Gasteiger charge is -2.08. The van der Waals surface area contributed by atoms with Gasteiger partial charge in [0.2, 0.25) is 0 Å². The molecular formula is C13H10F3N3O2. The highest BCUT2D eigenvalue weighted by molar-refractivity contribution is 6.01. The molecule has 1 aromatic rings. The minimum atomic E-state index is -4.99. The van der Waals surface area contributed by atoms with Crippen molar-refractivity contribution in [2.45, 2.75) is 6.18 Å². The molecule has 0 aliphatic rings. The maximum absolute atomic E-state index is 12.1. The molecule has 0 aliphatic carbocycles. The normalized spacial score (nSPS) is 11.5. The van der Waals surface area contributed by atoms with Gasteiger partial charge in [-0.3, -0.25) is 9.59 Å². The van der Waals surface area contributed by atoms with Gasteiger partial charge in [-0.1, -0.05) is 12.1 Å². The van der Waals surface area contributed by atoms with Crippen molar-refractivity contribution in [2.24, 2.45) is 0 Å². The molecular weight excluding hydrogens is 287 g/mol. The van der Waals surface area contributed by atoms with E-state index in [0.29, 0.717) is 5.56 Å². The maximum Gasteiger partial charge on any atom is 0.471 e. The van der Waals surface area contributed by atoms with Gasteiger partial charge in [0.05, 0.1) is 0 Å². The summed E-state index contributed by atoms with van der Waals surface area (Å²) in [5.74, 6) is -2.72. The van der Waals surface area contributed by atoms with Crippen LogP contribution in [0, 0.1) is 11.3 Å². The Morgan fingerprint density at radius 1 is 1.33 bits per heavy atom. The number of benzene rings is 1. The molecule has 1 rings (SSSR count). The number of amides is 2. The SMILES string of the molecule is CNC(=O)/C(C#N)=C/c1cccc(NC(=O)C(F)(F)F)c1. The molecule has 0 heterocycles. The summed E-state index contributed by atoms with van der Waals surface area (Å²) in [5, 5.41) is 12.7. The quantitative estimate of drug-likeness (QED) is 0.659. The zero-order chi connectivity index (χ0) is 16.0. The number of nitriles is 1. The largest absolute Gasteiger partial charge is 0.471 e. The van der Waals surface area contributed by atoms with Crippen LogP contribution in [0.2, 0.25) is 0 Å². The first-order valence-electron chi connectivity index (χ1n) is 5.60. The summed E-state index contributed by atoms with van der Waals surface area (Å²) < 4.78 is 36.4. The van der Waals surface area contributed by atoms with E-state index in [0.717, 1.165) is 0 Å². The van der Waals surface area contributed by atoms with Crippen LogP contribution in [0.25, 0.3) is 6.08 Å². The van der Waals surface area contributed by atoms with E-state index in [1.165, 1.54) is 37.4 Å². The molecule has 2 N–H and O–H groups in total. The van der Waals surface area contributed by atoms with E-state index in [1.807, 2.05) is 0 Å². The number of nitrogens with one attached hydrogen (secondary N) is 2. The van der Waals surface area contributed by atoms with Crippen molar-refractivity contribution < 1.29 is 22.8 Å².